The molecule has 0 spiro atoms. The summed E-state index contributed by atoms with van der Waals surface area (Å²) in [6, 6.07) is 19.0. The lowest BCUT2D eigenvalue weighted by Gasteiger charge is -2.06. The van der Waals surface area contributed by atoms with Crippen LogP contribution in [0.3, 0.4) is 0 Å². The molecule has 0 aromatic heterocycles. The molecule has 1 N–H and O–H groups in total. The van der Waals surface area contributed by atoms with Crippen molar-refractivity contribution in [2.75, 3.05) is 0 Å². The first-order valence-corrected chi connectivity index (χ1v) is 8.50. The number of hydrogen-bond donors (Lipinski definition) is 1. The van der Waals surface area contributed by atoms with Gasteiger partial charge in [-0.1, -0.05) is 18.2 Å². The Morgan fingerprint density at radius 3 is 2.32 bits per heavy atom. The van der Waals surface area contributed by atoms with Crippen LogP contribution in [0.15, 0.2) is 77.9 Å². The average molecular weight is 376 g/mol. The summed E-state index contributed by atoms with van der Waals surface area (Å²) in [4.78, 5) is 24.1. The monoisotopic (exact) mass is 376 g/mol. The van der Waals surface area contributed by atoms with Crippen LogP contribution in [0.25, 0.3) is 0 Å². The van der Waals surface area contributed by atoms with Crippen molar-refractivity contribution >= 4 is 18.1 Å². The third kappa shape index (κ3) is 4.88. The summed E-state index contributed by atoms with van der Waals surface area (Å²) in [5.74, 6) is -0.880. The minimum absolute atomic E-state index is 0.303. The van der Waals surface area contributed by atoms with Gasteiger partial charge in [0.05, 0.1) is 11.8 Å². The molecule has 3 rings (SSSR count). The number of nitrogens with one attached hydrogen (secondary N) is 1. The number of amides is 1. The molecule has 0 heterocycles. The van der Waals surface area contributed by atoms with Crippen molar-refractivity contribution in [3.8, 4) is 5.75 Å². The standard InChI is InChI=1S/C22H17FN2O3/c1-15-4-2-3-5-20(15)22(27)28-19-12-6-16(7-13-19)14-24-25-21(26)17-8-10-18(23)11-9-17/h2-14H,1H3,(H,25,26)/b24-14+. The average Bonchev–Trinajstić information content (AvgIpc) is 2.70. The quantitative estimate of drug-likeness (QED) is 0.315. The van der Waals surface area contributed by atoms with Gasteiger partial charge >= 0.3 is 5.97 Å². The molecule has 0 fully saturated rings. The Balaban J connectivity index is 1.57. The highest BCUT2D eigenvalue weighted by atomic mass is 19.1. The molecule has 140 valence electrons. The fourth-order valence-electron chi connectivity index (χ4n) is 2.42. The van der Waals surface area contributed by atoms with E-state index in [9.17, 15) is 14.0 Å². The van der Waals surface area contributed by atoms with Gasteiger partial charge in [0.15, 0.2) is 0 Å². The molecule has 0 aliphatic carbocycles. The zero-order valence-corrected chi connectivity index (χ0v) is 15.1. The van der Waals surface area contributed by atoms with Crippen molar-refractivity contribution in [1.82, 2.24) is 5.43 Å². The summed E-state index contributed by atoms with van der Waals surface area (Å²) in [5.41, 5.74) is 4.72. The lowest BCUT2D eigenvalue weighted by molar-refractivity contribution is 0.0733. The molecular formula is C22H17FN2O3. The smallest absolute Gasteiger partial charge is 0.343 e. The zero-order chi connectivity index (χ0) is 19.9. The lowest BCUT2D eigenvalue weighted by Crippen LogP contribution is -2.17. The minimum Gasteiger partial charge on any atom is -0.423 e. The zero-order valence-electron chi connectivity index (χ0n) is 15.1. The summed E-state index contributed by atoms with van der Waals surface area (Å²) in [5, 5.41) is 3.86. The van der Waals surface area contributed by atoms with Gasteiger partial charge in [-0.05, 0) is 72.6 Å². The number of esters is 1. The van der Waals surface area contributed by atoms with Gasteiger partial charge in [0, 0.05) is 5.56 Å². The van der Waals surface area contributed by atoms with E-state index in [0.29, 0.717) is 22.4 Å². The molecular weight excluding hydrogens is 359 g/mol. The number of carbonyl (C=O) groups excluding carboxylic acids is 2. The fraction of sp³-hybridized carbons (Fsp3) is 0.0455. The molecule has 3 aromatic carbocycles. The van der Waals surface area contributed by atoms with Crippen LogP contribution in [-0.4, -0.2) is 18.1 Å². The van der Waals surface area contributed by atoms with Crippen molar-refractivity contribution in [1.29, 1.82) is 0 Å². The molecule has 0 aliphatic heterocycles. The summed E-state index contributed by atoms with van der Waals surface area (Å²) < 4.78 is 18.2. The molecule has 0 aliphatic rings. The molecule has 5 nitrogen and oxygen atoms in total. The first-order valence-electron chi connectivity index (χ1n) is 8.50. The summed E-state index contributed by atoms with van der Waals surface area (Å²) >= 11 is 0. The Morgan fingerprint density at radius 1 is 0.964 bits per heavy atom. The normalized spacial score (nSPS) is 10.6. The summed E-state index contributed by atoms with van der Waals surface area (Å²) in [7, 11) is 0. The molecule has 6 heteroatoms. The minimum atomic E-state index is -0.444. The number of nitrogens with zero attached hydrogens (tertiary/aromatic N) is 1. The van der Waals surface area contributed by atoms with E-state index in [1.165, 1.54) is 30.5 Å². The number of hydrogen-bond acceptors (Lipinski definition) is 4. The van der Waals surface area contributed by atoms with Crippen molar-refractivity contribution in [2.24, 2.45) is 5.10 Å². The molecule has 28 heavy (non-hydrogen) atoms. The Kier molecular flexibility index (Phi) is 5.91. The molecule has 0 radical (unpaired) electrons. The van der Waals surface area contributed by atoms with E-state index < -0.39 is 17.7 Å². The van der Waals surface area contributed by atoms with Crippen LogP contribution in [0.1, 0.15) is 31.8 Å². The van der Waals surface area contributed by atoms with Crippen LogP contribution in [0.4, 0.5) is 4.39 Å². The van der Waals surface area contributed by atoms with E-state index in [1.54, 1.807) is 36.4 Å². The first kappa shape index (κ1) is 19.0. The highest BCUT2D eigenvalue weighted by molar-refractivity contribution is 5.95. The van der Waals surface area contributed by atoms with Crippen LogP contribution in [0.2, 0.25) is 0 Å². The van der Waals surface area contributed by atoms with Gasteiger partial charge in [-0.2, -0.15) is 5.10 Å². The molecule has 0 saturated heterocycles. The number of aryl methyl sites for hydroxylation is 1. The van der Waals surface area contributed by atoms with E-state index in [2.05, 4.69) is 10.5 Å². The number of ether oxygens (including phenoxy) is 1. The van der Waals surface area contributed by atoms with Gasteiger partial charge in [0.25, 0.3) is 5.91 Å². The van der Waals surface area contributed by atoms with Gasteiger partial charge in [0.2, 0.25) is 0 Å². The second-order valence-electron chi connectivity index (χ2n) is 5.98. The van der Waals surface area contributed by atoms with Crippen molar-refractivity contribution in [2.45, 2.75) is 6.92 Å². The van der Waals surface area contributed by atoms with Gasteiger partial charge in [-0.25, -0.2) is 14.6 Å². The maximum atomic E-state index is 12.9. The summed E-state index contributed by atoms with van der Waals surface area (Å²) in [6.45, 7) is 1.84. The topological polar surface area (TPSA) is 67.8 Å². The van der Waals surface area contributed by atoms with Crippen LogP contribution in [-0.2, 0) is 0 Å². The maximum absolute atomic E-state index is 12.9. The van der Waals surface area contributed by atoms with Crippen LogP contribution < -0.4 is 10.2 Å². The molecule has 0 saturated carbocycles. The number of rotatable bonds is 5. The second-order valence-corrected chi connectivity index (χ2v) is 5.98. The second kappa shape index (κ2) is 8.73. The highest BCUT2D eigenvalue weighted by Gasteiger charge is 2.10. The summed E-state index contributed by atoms with van der Waals surface area (Å²) in [6.07, 6.45) is 1.45. The lowest BCUT2D eigenvalue weighted by atomic mass is 10.1. The third-order valence-electron chi connectivity index (χ3n) is 3.94. The van der Waals surface area contributed by atoms with Crippen LogP contribution in [0.5, 0.6) is 5.75 Å². The van der Waals surface area contributed by atoms with Crippen LogP contribution >= 0.6 is 0 Å². The maximum Gasteiger partial charge on any atom is 0.343 e. The molecule has 1 amide bonds. The Hall–Kier alpha value is -3.80. The largest absolute Gasteiger partial charge is 0.423 e. The van der Waals surface area contributed by atoms with Crippen LogP contribution in [0, 0.1) is 12.7 Å². The molecule has 0 atom stereocenters. The molecule has 0 unspecified atom stereocenters. The Morgan fingerprint density at radius 2 is 1.64 bits per heavy atom. The number of carbonyl (C=O) groups is 2. The Labute approximate surface area is 161 Å². The van der Waals surface area contributed by atoms with E-state index >= 15 is 0 Å². The van der Waals surface area contributed by atoms with Crippen molar-refractivity contribution in [3.05, 3.63) is 101 Å². The van der Waals surface area contributed by atoms with Gasteiger partial charge in [0.1, 0.15) is 11.6 Å². The van der Waals surface area contributed by atoms with Crippen molar-refractivity contribution < 1.29 is 18.7 Å². The number of halogens is 1. The Bertz CT molecular complexity index is 1010. The van der Waals surface area contributed by atoms with E-state index in [1.807, 2.05) is 19.1 Å². The van der Waals surface area contributed by atoms with E-state index in [0.717, 1.165) is 5.56 Å². The van der Waals surface area contributed by atoms with E-state index in [4.69, 9.17) is 4.74 Å². The molecule has 0 bridgehead atoms. The number of benzene rings is 3. The third-order valence-corrected chi connectivity index (χ3v) is 3.94. The predicted molar refractivity (Wildman–Crippen MR) is 104 cm³/mol. The fourth-order valence-corrected chi connectivity index (χ4v) is 2.42. The predicted octanol–water partition coefficient (Wildman–Crippen LogP) is 4.12. The highest BCUT2D eigenvalue weighted by Crippen LogP contribution is 2.15. The number of hydrazone groups is 1. The van der Waals surface area contributed by atoms with Gasteiger partial charge in [-0.15, -0.1) is 0 Å². The van der Waals surface area contributed by atoms with Gasteiger partial charge in [-0.3, -0.25) is 4.79 Å². The SMILES string of the molecule is Cc1ccccc1C(=O)Oc1ccc(/C=N/NC(=O)c2ccc(F)cc2)cc1. The molecule has 3 aromatic rings. The van der Waals surface area contributed by atoms with Gasteiger partial charge < -0.3 is 4.74 Å². The first-order chi connectivity index (χ1) is 13.5. The van der Waals surface area contributed by atoms with E-state index in [-0.39, 0.29) is 0 Å². The van der Waals surface area contributed by atoms with Crippen molar-refractivity contribution in [3.63, 3.8) is 0 Å².